The zero-order chi connectivity index (χ0) is 10.4. The van der Waals surface area contributed by atoms with Crippen molar-refractivity contribution in [3.8, 4) is 0 Å². The van der Waals surface area contributed by atoms with E-state index in [-0.39, 0.29) is 0 Å². The highest BCUT2D eigenvalue weighted by Crippen LogP contribution is 2.43. The summed E-state index contributed by atoms with van der Waals surface area (Å²) in [4.78, 5) is 0.552. The molecule has 0 radical (unpaired) electrons. The van der Waals surface area contributed by atoms with Crippen LogP contribution in [0.5, 0.6) is 0 Å². The maximum absolute atomic E-state index is 9.74. The van der Waals surface area contributed by atoms with E-state index in [4.69, 9.17) is 0 Å². The topological polar surface area (TPSA) is 52.5 Å². The van der Waals surface area contributed by atoms with Gasteiger partial charge in [-0.15, -0.1) is 10.8 Å². The van der Waals surface area contributed by atoms with E-state index < -0.39 is 10.8 Å². The van der Waals surface area contributed by atoms with Gasteiger partial charge >= 0.3 is 0 Å². The molecule has 0 aliphatic carbocycles. The Kier molecular flexibility index (Phi) is 4.41. The smallest absolute Gasteiger partial charge is 0.0750 e. The lowest BCUT2D eigenvalue weighted by Gasteiger charge is -2.32. The predicted molar refractivity (Wildman–Crippen MR) is 60.5 cm³/mol. The van der Waals surface area contributed by atoms with Crippen LogP contribution in [0.25, 0.3) is 0 Å². The summed E-state index contributed by atoms with van der Waals surface area (Å²) in [5.74, 6) is 0. The van der Waals surface area contributed by atoms with Crippen LogP contribution in [0.4, 0.5) is 0 Å². The quantitative estimate of drug-likeness (QED) is 0.661. The van der Waals surface area contributed by atoms with Gasteiger partial charge < -0.3 is 0 Å². The molecule has 0 amide bonds. The molecule has 0 fully saturated rings. The molecule has 0 bridgehead atoms. The number of rotatable bonds is 5. The van der Waals surface area contributed by atoms with E-state index in [9.17, 15) is 9.11 Å². The molecule has 14 heavy (non-hydrogen) atoms. The second-order valence-corrected chi connectivity index (χ2v) is 4.97. The molecule has 0 saturated carbocycles. The van der Waals surface area contributed by atoms with Crippen molar-refractivity contribution < 1.29 is 9.11 Å². The van der Waals surface area contributed by atoms with E-state index in [0.717, 1.165) is 12.8 Å². The van der Waals surface area contributed by atoms with Crippen molar-refractivity contribution >= 4 is 10.8 Å². The number of benzene rings is 1. The molecule has 0 saturated heterocycles. The van der Waals surface area contributed by atoms with Gasteiger partial charge in [0.25, 0.3) is 0 Å². The van der Waals surface area contributed by atoms with Gasteiger partial charge in [0.15, 0.2) is 0 Å². The predicted octanol–water partition coefficient (Wildman–Crippen LogP) is 3.10. The third-order valence-corrected chi connectivity index (χ3v) is 3.44. The maximum Gasteiger partial charge on any atom is 0.0750 e. The molecule has 80 valence electrons. The first-order chi connectivity index (χ1) is 6.67. The minimum atomic E-state index is -2.78. The van der Waals surface area contributed by atoms with Gasteiger partial charge in [0, 0.05) is 6.54 Å². The molecule has 1 aromatic rings. The van der Waals surface area contributed by atoms with Crippen LogP contribution in [0.3, 0.4) is 0 Å². The molecule has 4 heteroatoms. The van der Waals surface area contributed by atoms with E-state index in [1.165, 1.54) is 0 Å². The van der Waals surface area contributed by atoms with Crippen LogP contribution in [-0.4, -0.2) is 15.7 Å². The Bertz CT molecular complexity index is 264. The molecule has 0 aliphatic rings. The summed E-state index contributed by atoms with van der Waals surface area (Å²) in [6.07, 6.45) is 1.99. The molecule has 0 aliphatic heterocycles. The summed E-state index contributed by atoms with van der Waals surface area (Å²) >= 11 is 0. The lowest BCUT2D eigenvalue weighted by Crippen LogP contribution is -2.21. The van der Waals surface area contributed by atoms with Crippen molar-refractivity contribution in [3.63, 3.8) is 0 Å². The lowest BCUT2D eigenvalue weighted by molar-refractivity contribution is 0.468. The summed E-state index contributed by atoms with van der Waals surface area (Å²) < 4.78 is 22.3. The maximum atomic E-state index is 9.74. The first-order valence-corrected chi connectivity index (χ1v) is 6.29. The molecule has 1 rings (SSSR count). The fraction of sp³-hybridized carbons (Fsp3) is 0.400. The molecular formula is C10H17NO2S. The van der Waals surface area contributed by atoms with Crippen LogP contribution in [0.15, 0.2) is 35.2 Å². The molecule has 0 heterocycles. The van der Waals surface area contributed by atoms with Crippen LogP contribution in [0, 0.1) is 0 Å². The summed E-state index contributed by atoms with van der Waals surface area (Å²) in [5, 5.41) is 0. The summed E-state index contributed by atoms with van der Waals surface area (Å²) in [5.41, 5.74) is 0. The van der Waals surface area contributed by atoms with Gasteiger partial charge in [-0.1, -0.05) is 31.5 Å². The lowest BCUT2D eigenvalue weighted by atomic mass is 10.3. The van der Waals surface area contributed by atoms with Crippen molar-refractivity contribution in [2.24, 2.45) is 0 Å². The van der Waals surface area contributed by atoms with Crippen LogP contribution in [-0.2, 0) is 0 Å². The molecule has 0 aromatic heterocycles. The zero-order valence-corrected chi connectivity index (χ0v) is 9.13. The largest absolute Gasteiger partial charge is 0.282 e. The molecule has 0 spiro atoms. The third-order valence-electron chi connectivity index (χ3n) is 1.91. The normalized spacial score (nSPS) is 12.8. The van der Waals surface area contributed by atoms with Crippen molar-refractivity contribution in [2.45, 2.75) is 24.7 Å². The summed E-state index contributed by atoms with van der Waals surface area (Å²) in [6.45, 7) is 2.70. The SMILES string of the molecule is CCCCNS(O)(O)c1ccccc1. The van der Waals surface area contributed by atoms with Crippen LogP contribution in [0.1, 0.15) is 19.8 Å². The number of nitrogens with one attached hydrogen (secondary N) is 1. The monoisotopic (exact) mass is 215 g/mol. The molecule has 0 atom stereocenters. The average molecular weight is 215 g/mol. The molecule has 3 nitrogen and oxygen atoms in total. The van der Waals surface area contributed by atoms with Crippen LogP contribution in [0.2, 0.25) is 0 Å². The molecule has 1 aromatic carbocycles. The third kappa shape index (κ3) is 3.31. The highest BCUT2D eigenvalue weighted by atomic mass is 32.3. The van der Waals surface area contributed by atoms with Gasteiger partial charge in [-0.2, -0.15) is 0 Å². The Morgan fingerprint density at radius 1 is 1.21 bits per heavy atom. The minimum Gasteiger partial charge on any atom is -0.282 e. The summed E-state index contributed by atoms with van der Waals surface area (Å²) in [6, 6.07) is 8.88. The van der Waals surface area contributed by atoms with E-state index >= 15 is 0 Å². The first kappa shape index (κ1) is 11.5. The van der Waals surface area contributed by atoms with Gasteiger partial charge in [-0.25, -0.2) is 4.72 Å². The van der Waals surface area contributed by atoms with Gasteiger partial charge in [0.05, 0.1) is 4.90 Å². The van der Waals surface area contributed by atoms with E-state index in [2.05, 4.69) is 11.6 Å². The van der Waals surface area contributed by atoms with Crippen LogP contribution < -0.4 is 4.72 Å². The highest BCUT2D eigenvalue weighted by Gasteiger charge is 2.12. The second-order valence-electron chi connectivity index (χ2n) is 3.11. The fourth-order valence-corrected chi connectivity index (χ4v) is 2.22. The Balaban J connectivity index is 2.56. The van der Waals surface area contributed by atoms with Gasteiger partial charge in [0.2, 0.25) is 0 Å². The van der Waals surface area contributed by atoms with E-state index in [1.54, 1.807) is 24.3 Å². The average Bonchev–Trinajstić information content (AvgIpc) is 2.19. The van der Waals surface area contributed by atoms with Gasteiger partial charge in [-0.05, 0) is 18.6 Å². The molecular weight excluding hydrogens is 198 g/mol. The van der Waals surface area contributed by atoms with Crippen molar-refractivity contribution in [1.82, 2.24) is 4.72 Å². The fourth-order valence-electron chi connectivity index (χ4n) is 1.08. The Hall–Kier alpha value is -0.550. The molecule has 0 unspecified atom stereocenters. The van der Waals surface area contributed by atoms with Crippen molar-refractivity contribution in [1.29, 1.82) is 0 Å². The van der Waals surface area contributed by atoms with E-state index in [1.807, 2.05) is 6.07 Å². The standard InChI is InChI=1S/C10H17NO2S/c1-2-3-9-11-14(12,13)10-7-5-4-6-8-10/h4-8,11-13H,2-3,9H2,1H3. The molecule has 3 N–H and O–H groups in total. The number of hydrogen-bond donors (Lipinski definition) is 3. The van der Waals surface area contributed by atoms with Crippen molar-refractivity contribution in [3.05, 3.63) is 30.3 Å². The second kappa shape index (κ2) is 5.36. The Morgan fingerprint density at radius 2 is 1.86 bits per heavy atom. The minimum absolute atomic E-state index is 0.552. The van der Waals surface area contributed by atoms with Crippen molar-refractivity contribution in [2.75, 3.05) is 6.54 Å². The Morgan fingerprint density at radius 3 is 2.43 bits per heavy atom. The summed E-state index contributed by atoms with van der Waals surface area (Å²) in [7, 11) is -2.78. The van der Waals surface area contributed by atoms with Crippen LogP contribution >= 0.6 is 10.8 Å². The van der Waals surface area contributed by atoms with E-state index in [0.29, 0.717) is 11.4 Å². The Labute approximate surface area is 86.6 Å². The number of hydrogen-bond acceptors (Lipinski definition) is 3. The van der Waals surface area contributed by atoms with Gasteiger partial charge in [0.1, 0.15) is 0 Å². The number of unbranched alkanes of at least 4 members (excludes halogenated alkanes) is 1. The first-order valence-electron chi connectivity index (χ1n) is 4.74. The zero-order valence-electron chi connectivity index (χ0n) is 8.31. The van der Waals surface area contributed by atoms with Gasteiger partial charge in [-0.3, -0.25) is 9.11 Å². The highest BCUT2D eigenvalue weighted by molar-refractivity contribution is 8.22.